The second-order valence-electron chi connectivity index (χ2n) is 3.85. The number of halogens is 5. The van der Waals surface area contributed by atoms with Crippen LogP contribution in [0, 0.1) is 5.82 Å². The van der Waals surface area contributed by atoms with Gasteiger partial charge in [-0.2, -0.15) is 24.5 Å². The molecule has 1 aromatic carbocycles. The highest BCUT2D eigenvalue weighted by Crippen LogP contribution is 2.39. The first-order chi connectivity index (χ1) is 8.82. The van der Waals surface area contributed by atoms with Gasteiger partial charge in [0, 0.05) is 5.56 Å². The van der Waals surface area contributed by atoms with E-state index in [9.17, 15) is 17.6 Å². The first-order valence-electron chi connectivity index (χ1n) is 5.15. The maximum Gasteiger partial charge on any atom is 0.416 e. The van der Waals surface area contributed by atoms with Gasteiger partial charge in [0.05, 0.1) is 16.6 Å². The average Bonchev–Trinajstić information content (AvgIpc) is 2.83. The van der Waals surface area contributed by atoms with Gasteiger partial charge in [-0.15, -0.1) is 0 Å². The molecule has 0 bridgehead atoms. The lowest BCUT2D eigenvalue weighted by atomic mass is 9.96. The summed E-state index contributed by atoms with van der Waals surface area (Å²) in [6.07, 6.45) is -4.69. The summed E-state index contributed by atoms with van der Waals surface area (Å²) in [6.45, 7) is 0. The molecule has 0 aliphatic carbocycles. The van der Waals surface area contributed by atoms with Crippen LogP contribution in [0.1, 0.15) is 22.7 Å². The molecule has 0 saturated heterocycles. The molecule has 0 saturated carbocycles. The molecule has 2 rings (SSSR count). The van der Waals surface area contributed by atoms with Crippen LogP contribution in [0.25, 0.3) is 0 Å². The van der Waals surface area contributed by atoms with Crippen LogP contribution in [0.2, 0.25) is 5.02 Å². The van der Waals surface area contributed by atoms with Crippen LogP contribution in [-0.2, 0) is 6.18 Å². The zero-order valence-corrected chi connectivity index (χ0v) is 10.9. The Morgan fingerprint density at radius 1 is 1.21 bits per heavy atom. The highest BCUT2D eigenvalue weighted by atomic mass is 35.5. The SMILES string of the molecule is N[C@@H](c1ccsc1)c1c(C(F)(F)F)ccc(Cl)c1F. The van der Waals surface area contributed by atoms with Crippen LogP contribution in [0.3, 0.4) is 0 Å². The van der Waals surface area contributed by atoms with Gasteiger partial charge >= 0.3 is 6.18 Å². The molecule has 0 aliphatic rings. The normalized spacial score (nSPS) is 13.6. The molecule has 0 spiro atoms. The van der Waals surface area contributed by atoms with Crippen molar-refractivity contribution in [3.05, 3.63) is 56.5 Å². The molecule has 7 heteroatoms. The average molecular weight is 310 g/mol. The zero-order valence-electron chi connectivity index (χ0n) is 9.34. The van der Waals surface area contributed by atoms with E-state index in [-0.39, 0.29) is 5.02 Å². The van der Waals surface area contributed by atoms with E-state index in [1.807, 2.05) is 0 Å². The molecule has 0 fully saturated rings. The Labute approximate surface area is 115 Å². The molecule has 0 amide bonds. The van der Waals surface area contributed by atoms with Crippen molar-refractivity contribution in [3.63, 3.8) is 0 Å². The second kappa shape index (κ2) is 5.11. The van der Waals surface area contributed by atoms with Crippen LogP contribution in [-0.4, -0.2) is 0 Å². The van der Waals surface area contributed by atoms with E-state index in [1.165, 1.54) is 11.3 Å². The lowest BCUT2D eigenvalue weighted by molar-refractivity contribution is -0.138. The van der Waals surface area contributed by atoms with Gasteiger partial charge in [0.25, 0.3) is 0 Å². The molecular formula is C12H8ClF4NS. The smallest absolute Gasteiger partial charge is 0.320 e. The quantitative estimate of drug-likeness (QED) is 0.806. The molecule has 0 radical (unpaired) electrons. The van der Waals surface area contributed by atoms with E-state index in [4.69, 9.17) is 17.3 Å². The number of benzene rings is 1. The molecule has 102 valence electrons. The monoisotopic (exact) mass is 309 g/mol. The van der Waals surface area contributed by atoms with Crippen molar-refractivity contribution >= 4 is 22.9 Å². The van der Waals surface area contributed by atoms with Crippen LogP contribution in [0.15, 0.2) is 29.0 Å². The third-order valence-electron chi connectivity index (χ3n) is 2.65. The third kappa shape index (κ3) is 2.75. The zero-order chi connectivity index (χ0) is 14.2. The first kappa shape index (κ1) is 14.3. The number of thiophene rings is 1. The highest BCUT2D eigenvalue weighted by molar-refractivity contribution is 7.08. The van der Waals surface area contributed by atoms with Gasteiger partial charge < -0.3 is 5.73 Å². The Bertz CT molecular complexity index is 580. The molecule has 2 aromatic rings. The van der Waals surface area contributed by atoms with Crippen molar-refractivity contribution in [1.82, 2.24) is 0 Å². The predicted octanol–water partition coefficient (Wildman–Crippen LogP) is 4.61. The van der Waals surface area contributed by atoms with Crippen LogP contribution >= 0.6 is 22.9 Å². The largest absolute Gasteiger partial charge is 0.416 e. The summed E-state index contributed by atoms with van der Waals surface area (Å²) in [7, 11) is 0. The number of rotatable bonds is 2. The summed E-state index contributed by atoms with van der Waals surface area (Å²) < 4.78 is 52.6. The Kier molecular flexibility index (Phi) is 3.85. The number of hydrogen-bond donors (Lipinski definition) is 1. The van der Waals surface area contributed by atoms with Crippen molar-refractivity contribution in [1.29, 1.82) is 0 Å². The molecular weight excluding hydrogens is 302 g/mol. The summed E-state index contributed by atoms with van der Waals surface area (Å²) in [5, 5.41) is 2.85. The third-order valence-corrected chi connectivity index (χ3v) is 3.64. The van der Waals surface area contributed by atoms with Gasteiger partial charge in [-0.25, -0.2) is 4.39 Å². The molecule has 1 nitrogen and oxygen atoms in total. The first-order valence-corrected chi connectivity index (χ1v) is 6.47. The molecule has 1 heterocycles. The maximum atomic E-state index is 13.9. The van der Waals surface area contributed by atoms with Gasteiger partial charge in [0.2, 0.25) is 0 Å². The fourth-order valence-electron chi connectivity index (χ4n) is 1.74. The summed E-state index contributed by atoms with van der Waals surface area (Å²) in [5.41, 5.74) is 4.42. The lowest BCUT2D eigenvalue weighted by Gasteiger charge is -2.19. The van der Waals surface area contributed by atoms with Gasteiger partial charge in [0.1, 0.15) is 5.82 Å². The van der Waals surface area contributed by atoms with Crippen molar-refractivity contribution < 1.29 is 17.6 Å². The van der Waals surface area contributed by atoms with E-state index in [0.717, 1.165) is 12.1 Å². The minimum Gasteiger partial charge on any atom is -0.320 e. The number of nitrogens with two attached hydrogens (primary N) is 1. The minimum absolute atomic E-state index is 0.381. The summed E-state index contributed by atoms with van der Waals surface area (Å²) in [4.78, 5) is 0. The fraction of sp³-hybridized carbons (Fsp3) is 0.167. The van der Waals surface area contributed by atoms with Crippen molar-refractivity contribution in [2.24, 2.45) is 5.73 Å². The summed E-state index contributed by atoms with van der Waals surface area (Å²) >= 11 is 6.82. The van der Waals surface area contributed by atoms with E-state index < -0.39 is 29.2 Å². The van der Waals surface area contributed by atoms with E-state index in [2.05, 4.69) is 0 Å². The number of hydrogen-bond acceptors (Lipinski definition) is 2. The Morgan fingerprint density at radius 2 is 1.89 bits per heavy atom. The van der Waals surface area contributed by atoms with E-state index in [1.54, 1.807) is 16.8 Å². The standard InChI is InChI=1S/C12H8ClF4NS/c13-8-2-1-7(12(15,16)17)9(10(8)14)11(18)6-3-4-19-5-6/h1-5,11H,18H2/t11-/m0/s1. The topological polar surface area (TPSA) is 26.0 Å². The maximum absolute atomic E-state index is 13.9. The fourth-order valence-corrected chi connectivity index (χ4v) is 2.60. The van der Waals surface area contributed by atoms with Crippen LogP contribution < -0.4 is 5.73 Å². The molecule has 1 atom stereocenters. The molecule has 2 N–H and O–H groups in total. The van der Waals surface area contributed by atoms with E-state index >= 15 is 0 Å². The second-order valence-corrected chi connectivity index (χ2v) is 5.04. The van der Waals surface area contributed by atoms with Crippen molar-refractivity contribution in [2.75, 3.05) is 0 Å². The summed E-state index contributed by atoms with van der Waals surface area (Å²) in [5.74, 6) is -1.13. The molecule has 0 aliphatic heterocycles. The lowest BCUT2D eigenvalue weighted by Crippen LogP contribution is -2.20. The van der Waals surface area contributed by atoms with Gasteiger partial charge in [-0.3, -0.25) is 0 Å². The molecule has 0 unspecified atom stereocenters. The van der Waals surface area contributed by atoms with Crippen molar-refractivity contribution in [3.8, 4) is 0 Å². The van der Waals surface area contributed by atoms with Crippen molar-refractivity contribution in [2.45, 2.75) is 12.2 Å². The van der Waals surface area contributed by atoms with E-state index in [0.29, 0.717) is 5.56 Å². The summed E-state index contributed by atoms with van der Waals surface area (Å²) in [6, 6.07) is 1.97. The van der Waals surface area contributed by atoms with Crippen LogP contribution in [0.4, 0.5) is 17.6 Å². The Balaban J connectivity index is 2.63. The predicted molar refractivity (Wildman–Crippen MR) is 66.8 cm³/mol. The Morgan fingerprint density at radius 3 is 2.42 bits per heavy atom. The molecule has 19 heavy (non-hydrogen) atoms. The highest BCUT2D eigenvalue weighted by Gasteiger charge is 2.37. The van der Waals surface area contributed by atoms with Gasteiger partial charge in [0.15, 0.2) is 0 Å². The Hall–Kier alpha value is -1.11. The van der Waals surface area contributed by atoms with Crippen LogP contribution in [0.5, 0.6) is 0 Å². The van der Waals surface area contributed by atoms with Gasteiger partial charge in [-0.1, -0.05) is 11.6 Å². The number of alkyl halides is 3. The van der Waals surface area contributed by atoms with Gasteiger partial charge in [-0.05, 0) is 34.5 Å². The molecule has 1 aromatic heterocycles. The minimum atomic E-state index is -4.69.